The number of aliphatic hydroxyl groups is 1. The van der Waals surface area contributed by atoms with Crippen molar-refractivity contribution in [2.75, 3.05) is 0 Å². The average Bonchev–Trinajstić information content (AvgIpc) is 2.60. The Bertz CT molecular complexity index is 531. The number of halogens is 2. The van der Waals surface area contributed by atoms with Gasteiger partial charge in [-0.15, -0.1) is 0 Å². The maximum atomic E-state index is 14.8. The van der Waals surface area contributed by atoms with Crippen molar-refractivity contribution in [3.8, 4) is 5.75 Å². The van der Waals surface area contributed by atoms with E-state index in [0.717, 1.165) is 51.4 Å². The minimum atomic E-state index is -1.31. The Morgan fingerprint density at radius 2 is 1.39 bits per heavy atom. The molecule has 0 heterocycles. The number of aromatic hydroxyl groups is 1. The highest BCUT2D eigenvalue weighted by Crippen LogP contribution is 2.52. The van der Waals surface area contributed by atoms with Gasteiger partial charge in [0.25, 0.3) is 0 Å². The lowest BCUT2D eigenvalue weighted by molar-refractivity contribution is -0.102. The highest BCUT2D eigenvalue weighted by atomic mass is 35.5. The van der Waals surface area contributed by atoms with Crippen molar-refractivity contribution in [3.05, 3.63) is 28.5 Å². The maximum Gasteiger partial charge on any atom is 0.151 e. The first kappa shape index (κ1) is 17.0. The predicted octanol–water partition coefficient (Wildman–Crippen LogP) is 5.53. The molecule has 23 heavy (non-hydrogen) atoms. The van der Waals surface area contributed by atoms with Crippen LogP contribution in [0, 0.1) is 17.7 Å². The van der Waals surface area contributed by atoms with Gasteiger partial charge < -0.3 is 10.2 Å². The van der Waals surface area contributed by atoms with Gasteiger partial charge in [-0.25, -0.2) is 4.39 Å². The van der Waals surface area contributed by atoms with Crippen molar-refractivity contribution < 1.29 is 14.6 Å². The summed E-state index contributed by atoms with van der Waals surface area (Å²) in [6.45, 7) is 0. The standard InChI is InChI=1S/C19H26ClFO2/c20-15-11-12-16(22)17(18(15)21)19(23,13-7-3-1-4-8-13)14-9-5-2-6-10-14/h11-14,22-23H,1-10H2. The van der Waals surface area contributed by atoms with Crippen LogP contribution in [0.15, 0.2) is 12.1 Å². The van der Waals surface area contributed by atoms with E-state index < -0.39 is 11.4 Å². The lowest BCUT2D eigenvalue weighted by Crippen LogP contribution is -2.45. The molecule has 3 rings (SSSR count). The Kier molecular flexibility index (Phi) is 5.17. The molecule has 0 radical (unpaired) electrons. The number of hydrogen-bond acceptors (Lipinski definition) is 2. The molecule has 0 bridgehead atoms. The smallest absolute Gasteiger partial charge is 0.151 e. The molecule has 1 aromatic carbocycles. The Hall–Kier alpha value is -0.800. The van der Waals surface area contributed by atoms with Crippen LogP contribution in [0.3, 0.4) is 0 Å². The molecule has 0 atom stereocenters. The quantitative estimate of drug-likeness (QED) is 0.759. The summed E-state index contributed by atoms with van der Waals surface area (Å²) >= 11 is 5.97. The van der Waals surface area contributed by atoms with Gasteiger partial charge in [0.05, 0.1) is 10.6 Å². The summed E-state index contributed by atoms with van der Waals surface area (Å²) in [6, 6.07) is 2.77. The summed E-state index contributed by atoms with van der Waals surface area (Å²) in [5.41, 5.74) is -1.26. The maximum absolute atomic E-state index is 14.8. The van der Waals surface area contributed by atoms with Gasteiger partial charge in [0.2, 0.25) is 0 Å². The zero-order valence-corrected chi connectivity index (χ0v) is 14.3. The van der Waals surface area contributed by atoms with E-state index in [1.165, 1.54) is 25.0 Å². The first-order valence-corrected chi connectivity index (χ1v) is 9.32. The molecule has 0 unspecified atom stereocenters. The number of hydrogen-bond donors (Lipinski definition) is 2. The first-order valence-electron chi connectivity index (χ1n) is 8.95. The molecule has 2 nitrogen and oxygen atoms in total. The lowest BCUT2D eigenvalue weighted by Gasteiger charge is -2.46. The average molecular weight is 341 g/mol. The predicted molar refractivity (Wildman–Crippen MR) is 90.1 cm³/mol. The lowest BCUT2D eigenvalue weighted by atomic mass is 9.63. The molecule has 0 aromatic heterocycles. The minimum Gasteiger partial charge on any atom is -0.507 e. The van der Waals surface area contributed by atoms with Gasteiger partial charge in [-0.05, 0) is 49.7 Å². The molecule has 128 valence electrons. The van der Waals surface area contributed by atoms with Crippen molar-refractivity contribution in [3.63, 3.8) is 0 Å². The molecule has 4 heteroatoms. The van der Waals surface area contributed by atoms with Crippen LogP contribution in [0.2, 0.25) is 5.02 Å². The van der Waals surface area contributed by atoms with E-state index in [-0.39, 0.29) is 28.2 Å². The summed E-state index contributed by atoms with van der Waals surface area (Å²) < 4.78 is 14.8. The number of rotatable bonds is 3. The molecule has 2 fully saturated rings. The fraction of sp³-hybridized carbons (Fsp3) is 0.684. The van der Waals surface area contributed by atoms with Gasteiger partial charge >= 0.3 is 0 Å². The highest BCUT2D eigenvalue weighted by molar-refractivity contribution is 6.30. The van der Waals surface area contributed by atoms with Crippen LogP contribution in [-0.4, -0.2) is 10.2 Å². The second-order valence-electron chi connectivity index (χ2n) is 7.25. The largest absolute Gasteiger partial charge is 0.507 e. The Balaban J connectivity index is 2.09. The van der Waals surface area contributed by atoms with Crippen molar-refractivity contribution in [2.45, 2.75) is 69.8 Å². The van der Waals surface area contributed by atoms with E-state index in [1.54, 1.807) is 0 Å². The summed E-state index contributed by atoms with van der Waals surface area (Å²) in [6.07, 6.45) is 10.1. The summed E-state index contributed by atoms with van der Waals surface area (Å²) in [5, 5.41) is 22.1. The van der Waals surface area contributed by atoms with Gasteiger partial charge in [-0.1, -0.05) is 50.1 Å². The first-order chi connectivity index (χ1) is 11.0. The van der Waals surface area contributed by atoms with E-state index in [0.29, 0.717) is 0 Å². The van der Waals surface area contributed by atoms with Crippen LogP contribution >= 0.6 is 11.6 Å². The number of phenolic OH excluding ortho intramolecular Hbond substituents is 1. The van der Waals surface area contributed by atoms with Gasteiger partial charge in [0, 0.05) is 0 Å². The van der Waals surface area contributed by atoms with Crippen LogP contribution in [0.4, 0.5) is 4.39 Å². The Morgan fingerprint density at radius 3 is 1.87 bits per heavy atom. The van der Waals surface area contributed by atoms with E-state index in [4.69, 9.17) is 11.6 Å². The summed E-state index contributed by atoms with van der Waals surface area (Å²) in [7, 11) is 0. The fourth-order valence-electron chi connectivity index (χ4n) is 4.75. The van der Waals surface area contributed by atoms with Crippen LogP contribution < -0.4 is 0 Å². The number of phenols is 1. The molecular formula is C19H26ClFO2. The van der Waals surface area contributed by atoms with Crippen LogP contribution in [0.1, 0.15) is 69.8 Å². The molecular weight excluding hydrogens is 315 g/mol. The molecule has 0 aliphatic heterocycles. The van der Waals surface area contributed by atoms with Crippen molar-refractivity contribution in [1.29, 1.82) is 0 Å². The molecule has 0 saturated heterocycles. The third kappa shape index (κ3) is 3.10. The molecule has 0 spiro atoms. The van der Waals surface area contributed by atoms with Crippen molar-refractivity contribution in [1.82, 2.24) is 0 Å². The topological polar surface area (TPSA) is 40.5 Å². The van der Waals surface area contributed by atoms with E-state index in [1.807, 2.05) is 0 Å². The van der Waals surface area contributed by atoms with Gasteiger partial charge in [0.15, 0.2) is 5.82 Å². The molecule has 2 N–H and O–H groups in total. The van der Waals surface area contributed by atoms with E-state index in [9.17, 15) is 14.6 Å². The number of benzene rings is 1. The molecule has 2 saturated carbocycles. The summed E-state index contributed by atoms with van der Waals surface area (Å²) in [4.78, 5) is 0. The zero-order valence-electron chi connectivity index (χ0n) is 13.5. The SMILES string of the molecule is Oc1ccc(Cl)c(F)c1C(O)(C1CCCCC1)C1CCCCC1. The van der Waals surface area contributed by atoms with Gasteiger partial charge in [0.1, 0.15) is 11.4 Å². The van der Waals surface area contributed by atoms with Crippen LogP contribution in [-0.2, 0) is 5.60 Å². The van der Waals surface area contributed by atoms with E-state index in [2.05, 4.69) is 0 Å². The zero-order chi connectivity index (χ0) is 16.4. The highest BCUT2D eigenvalue weighted by Gasteiger charge is 2.48. The Morgan fingerprint density at radius 1 is 0.913 bits per heavy atom. The van der Waals surface area contributed by atoms with Crippen LogP contribution in [0.5, 0.6) is 5.75 Å². The van der Waals surface area contributed by atoms with E-state index >= 15 is 0 Å². The molecule has 2 aliphatic carbocycles. The normalized spacial score (nSPS) is 21.5. The second-order valence-corrected chi connectivity index (χ2v) is 7.66. The monoisotopic (exact) mass is 340 g/mol. The van der Waals surface area contributed by atoms with Crippen LogP contribution in [0.25, 0.3) is 0 Å². The van der Waals surface area contributed by atoms with Crippen molar-refractivity contribution >= 4 is 11.6 Å². The minimum absolute atomic E-state index is 0.00165. The van der Waals surface area contributed by atoms with Gasteiger partial charge in [-0.2, -0.15) is 0 Å². The van der Waals surface area contributed by atoms with Crippen molar-refractivity contribution in [2.24, 2.45) is 11.8 Å². The molecule has 1 aromatic rings. The second kappa shape index (κ2) is 6.98. The third-order valence-corrected chi connectivity index (χ3v) is 6.22. The third-order valence-electron chi connectivity index (χ3n) is 5.93. The molecule has 2 aliphatic rings. The molecule has 0 amide bonds. The van der Waals surface area contributed by atoms with Gasteiger partial charge in [-0.3, -0.25) is 0 Å². The summed E-state index contributed by atoms with van der Waals surface area (Å²) in [5.74, 6) is -0.813. The fourth-order valence-corrected chi connectivity index (χ4v) is 4.91. The Labute approximate surface area is 142 Å².